The van der Waals surface area contributed by atoms with Gasteiger partial charge in [-0.05, 0) is 57.2 Å². The molecule has 9 heteroatoms. The van der Waals surface area contributed by atoms with E-state index in [0.717, 1.165) is 32.0 Å². The van der Waals surface area contributed by atoms with Crippen molar-refractivity contribution in [3.63, 3.8) is 0 Å². The second-order valence-corrected chi connectivity index (χ2v) is 10.5. The first-order valence-corrected chi connectivity index (χ1v) is 12.0. The molecule has 0 fully saturated rings. The molecule has 178 valence electrons. The minimum atomic E-state index is -0.578. The number of aromatic nitrogens is 2. The Labute approximate surface area is 210 Å². The number of ether oxygens (including phenoxy) is 1. The van der Waals surface area contributed by atoms with Crippen molar-refractivity contribution in [2.45, 2.75) is 26.4 Å². The summed E-state index contributed by atoms with van der Waals surface area (Å²) in [6.45, 7) is 6.04. The average Bonchev–Trinajstić information content (AvgIpc) is 3.32. The van der Waals surface area contributed by atoms with Gasteiger partial charge in [0.15, 0.2) is 0 Å². The van der Waals surface area contributed by atoms with Gasteiger partial charge in [0.1, 0.15) is 5.60 Å². The number of halogens is 2. The van der Waals surface area contributed by atoms with Crippen LogP contribution >= 0.6 is 27.5 Å². The predicted octanol–water partition coefficient (Wildman–Crippen LogP) is 6.33. The number of likely N-dealkylation sites (N-methyl/N-ethyl adjacent to an activating group) is 1. The summed E-state index contributed by atoms with van der Waals surface area (Å²) in [6, 6.07) is 13.3. The highest BCUT2D eigenvalue weighted by Gasteiger charge is 2.22. The summed E-state index contributed by atoms with van der Waals surface area (Å²) in [4.78, 5) is 33.7. The molecule has 0 unspecified atom stereocenters. The second kappa shape index (κ2) is 9.35. The lowest BCUT2D eigenvalue weighted by atomic mass is 10.1. The van der Waals surface area contributed by atoms with Gasteiger partial charge in [-0.25, -0.2) is 4.79 Å². The van der Waals surface area contributed by atoms with Crippen LogP contribution in [0.1, 0.15) is 31.1 Å². The van der Waals surface area contributed by atoms with Crippen molar-refractivity contribution in [2.24, 2.45) is 0 Å². The highest BCUT2D eigenvalue weighted by atomic mass is 79.9. The van der Waals surface area contributed by atoms with Crippen LogP contribution in [0.2, 0.25) is 5.02 Å². The Kier molecular flexibility index (Phi) is 6.64. The first kappa shape index (κ1) is 24.2. The van der Waals surface area contributed by atoms with Crippen LogP contribution in [0.3, 0.4) is 0 Å². The van der Waals surface area contributed by atoms with Crippen LogP contribution in [0.25, 0.3) is 33.2 Å². The van der Waals surface area contributed by atoms with Gasteiger partial charge in [-0.15, -0.1) is 0 Å². The minimum absolute atomic E-state index is 0.238. The van der Waals surface area contributed by atoms with Crippen molar-refractivity contribution in [2.75, 3.05) is 20.1 Å². The highest BCUT2D eigenvalue weighted by molar-refractivity contribution is 9.10. The third-order valence-electron chi connectivity index (χ3n) is 5.28. The number of aromatic amines is 2. The van der Waals surface area contributed by atoms with Crippen molar-refractivity contribution in [1.82, 2.24) is 20.2 Å². The van der Waals surface area contributed by atoms with E-state index in [0.29, 0.717) is 22.8 Å². The number of rotatable bonds is 5. The molecule has 0 saturated carbocycles. The zero-order chi connectivity index (χ0) is 24.6. The second-order valence-electron chi connectivity index (χ2n) is 9.14. The molecule has 0 aliphatic rings. The molecule has 0 atom stereocenters. The van der Waals surface area contributed by atoms with E-state index < -0.39 is 11.7 Å². The molecule has 0 bridgehead atoms. The summed E-state index contributed by atoms with van der Waals surface area (Å²) in [6.07, 6.45) is -0.434. The van der Waals surface area contributed by atoms with Crippen LogP contribution < -0.4 is 5.32 Å². The topological polar surface area (TPSA) is 90.2 Å². The lowest BCUT2D eigenvalue weighted by molar-refractivity contribution is 0.0299. The van der Waals surface area contributed by atoms with E-state index >= 15 is 0 Å². The number of hydrogen-bond donors (Lipinski definition) is 3. The number of benzene rings is 2. The summed E-state index contributed by atoms with van der Waals surface area (Å²) < 4.78 is 6.27. The van der Waals surface area contributed by atoms with Gasteiger partial charge in [-0.1, -0.05) is 33.6 Å². The molecule has 4 aromatic rings. The fraction of sp³-hybridized carbons (Fsp3) is 0.280. The number of hydrogen-bond acceptors (Lipinski definition) is 3. The molecule has 2 amide bonds. The van der Waals surface area contributed by atoms with Crippen LogP contribution in [0.15, 0.2) is 46.9 Å². The van der Waals surface area contributed by atoms with Crippen LogP contribution in [0.5, 0.6) is 0 Å². The van der Waals surface area contributed by atoms with Gasteiger partial charge >= 0.3 is 6.09 Å². The Morgan fingerprint density at radius 2 is 1.85 bits per heavy atom. The number of H-pyrrole nitrogens is 2. The number of carbonyl (C=O) groups excluding carboxylic acids is 2. The van der Waals surface area contributed by atoms with E-state index in [2.05, 4.69) is 31.2 Å². The molecular weight excluding hydrogens is 520 g/mol. The number of fused-ring (bicyclic) bond motifs is 2. The van der Waals surface area contributed by atoms with Crippen molar-refractivity contribution in [3.8, 4) is 11.4 Å². The minimum Gasteiger partial charge on any atom is -0.444 e. The fourth-order valence-electron chi connectivity index (χ4n) is 3.70. The summed E-state index contributed by atoms with van der Waals surface area (Å²) >= 11 is 9.65. The zero-order valence-corrected chi connectivity index (χ0v) is 21.7. The summed E-state index contributed by atoms with van der Waals surface area (Å²) in [5, 5.41) is 5.33. The van der Waals surface area contributed by atoms with Gasteiger partial charge in [0.25, 0.3) is 5.91 Å². The SMILES string of the molecule is CN(CCNC(=O)c1c(-c2cc3cc(Cl)ccc3[nH]2)[nH]c2cc(Br)ccc12)C(=O)OC(C)(C)C. The molecule has 0 radical (unpaired) electrons. The van der Waals surface area contributed by atoms with Crippen LogP contribution in [-0.2, 0) is 4.74 Å². The van der Waals surface area contributed by atoms with Gasteiger partial charge in [-0.2, -0.15) is 0 Å². The maximum atomic E-state index is 13.3. The predicted molar refractivity (Wildman–Crippen MR) is 139 cm³/mol. The molecule has 0 aliphatic heterocycles. The largest absolute Gasteiger partial charge is 0.444 e. The third kappa shape index (κ3) is 5.23. The van der Waals surface area contributed by atoms with Gasteiger partial charge in [0.2, 0.25) is 0 Å². The van der Waals surface area contributed by atoms with E-state index in [1.165, 1.54) is 4.90 Å². The molecular formula is C25H26BrClN4O3. The molecule has 0 aliphatic carbocycles. The molecule has 0 saturated heterocycles. The summed E-state index contributed by atoms with van der Waals surface area (Å²) in [5.74, 6) is -0.238. The fourth-order valence-corrected chi connectivity index (χ4v) is 4.24. The van der Waals surface area contributed by atoms with Gasteiger partial charge < -0.3 is 24.9 Å². The van der Waals surface area contributed by atoms with Crippen LogP contribution in [0.4, 0.5) is 4.79 Å². The van der Waals surface area contributed by atoms with Crippen LogP contribution in [0, 0.1) is 0 Å². The average molecular weight is 546 g/mol. The maximum absolute atomic E-state index is 13.3. The van der Waals surface area contributed by atoms with E-state index in [9.17, 15) is 9.59 Å². The van der Waals surface area contributed by atoms with E-state index in [1.54, 1.807) is 7.05 Å². The molecule has 2 aromatic heterocycles. The quantitative estimate of drug-likeness (QED) is 0.274. The normalized spacial score (nSPS) is 11.7. The maximum Gasteiger partial charge on any atom is 0.410 e. The molecule has 2 heterocycles. The molecule has 7 nitrogen and oxygen atoms in total. The molecule has 3 N–H and O–H groups in total. The van der Waals surface area contributed by atoms with E-state index in [4.69, 9.17) is 16.3 Å². The molecule has 4 rings (SSSR count). The Morgan fingerprint density at radius 1 is 1.09 bits per heavy atom. The first-order valence-electron chi connectivity index (χ1n) is 10.8. The first-order chi connectivity index (χ1) is 16.0. The highest BCUT2D eigenvalue weighted by Crippen LogP contribution is 2.33. The smallest absolute Gasteiger partial charge is 0.410 e. The standard InChI is InChI=1S/C25H26BrClN4O3/c1-25(2,3)34-24(33)31(4)10-9-28-23(32)21-17-7-5-15(26)13-19(17)30-22(21)20-12-14-11-16(27)6-8-18(14)29-20/h5-8,11-13,29-30H,9-10H2,1-4H3,(H,28,32). The van der Waals surface area contributed by atoms with Crippen molar-refractivity contribution in [3.05, 3.63) is 57.5 Å². The number of nitrogens with zero attached hydrogens (tertiary/aromatic N) is 1. The third-order valence-corrected chi connectivity index (χ3v) is 6.01. The number of amides is 2. The van der Waals surface area contributed by atoms with Gasteiger partial charge in [0, 0.05) is 51.4 Å². The molecule has 0 spiro atoms. The molecule has 34 heavy (non-hydrogen) atoms. The Morgan fingerprint density at radius 3 is 2.59 bits per heavy atom. The van der Waals surface area contributed by atoms with Crippen molar-refractivity contribution in [1.29, 1.82) is 0 Å². The summed E-state index contributed by atoms with van der Waals surface area (Å²) in [5.41, 5.74) is 3.16. The van der Waals surface area contributed by atoms with Crippen molar-refractivity contribution >= 4 is 61.3 Å². The lowest BCUT2D eigenvalue weighted by Crippen LogP contribution is -2.39. The monoisotopic (exact) mass is 544 g/mol. The van der Waals surface area contributed by atoms with Crippen LogP contribution in [-0.4, -0.2) is 52.6 Å². The Hall–Kier alpha value is -2.97. The zero-order valence-electron chi connectivity index (χ0n) is 19.4. The van der Waals surface area contributed by atoms with Gasteiger partial charge in [0.05, 0.1) is 17.0 Å². The molecule has 2 aromatic carbocycles. The van der Waals surface area contributed by atoms with Gasteiger partial charge in [-0.3, -0.25) is 4.79 Å². The Bertz CT molecular complexity index is 1390. The Balaban J connectivity index is 1.60. The van der Waals surface area contributed by atoms with E-state index in [1.807, 2.05) is 63.2 Å². The summed E-state index contributed by atoms with van der Waals surface area (Å²) in [7, 11) is 1.64. The lowest BCUT2D eigenvalue weighted by Gasteiger charge is -2.24. The van der Waals surface area contributed by atoms with Crippen molar-refractivity contribution < 1.29 is 14.3 Å². The number of nitrogens with one attached hydrogen (secondary N) is 3. The number of carbonyl (C=O) groups is 2. The van der Waals surface area contributed by atoms with E-state index in [-0.39, 0.29) is 12.5 Å².